The molecule has 0 saturated heterocycles. The quantitative estimate of drug-likeness (QED) is 0.765. The van der Waals surface area contributed by atoms with E-state index in [4.69, 9.17) is 0 Å². The second-order valence-electron chi connectivity index (χ2n) is 5.30. The van der Waals surface area contributed by atoms with Crippen LogP contribution in [0.5, 0.6) is 0 Å². The Morgan fingerprint density at radius 1 is 1.26 bits per heavy atom. The van der Waals surface area contributed by atoms with E-state index < -0.39 is 0 Å². The number of anilines is 1. The van der Waals surface area contributed by atoms with Gasteiger partial charge >= 0.3 is 0 Å². The van der Waals surface area contributed by atoms with E-state index in [1.54, 1.807) is 16.7 Å². The van der Waals surface area contributed by atoms with E-state index in [2.05, 4.69) is 16.4 Å². The smallest absolute Gasteiger partial charge is 0.271 e. The molecule has 0 atom stereocenters. The fourth-order valence-corrected chi connectivity index (χ4v) is 3.63. The minimum absolute atomic E-state index is 0.141. The van der Waals surface area contributed by atoms with Crippen LogP contribution < -0.4 is 10.2 Å². The number of thiazole rings is 1. The highest BCUT2D eigenvalue weighted by Crippen LogP contribution is 2.25. The fraction of sp³-hybridized carbons (Fsp3) is 0.176. The standard InChI is InChI=1S/C17H17N3OS2/c1-20(2)14-5-3-4-12(8-14)9-18-16(21)15-11-23-17(19-15)13-6-7-22-10-13/h3-8,10-11H,9H2,1-2H3,(H,18,21). The highest BCUT2D eigenvalue weighted by atomic mass is 32.1. The van der Waals surface area contributed by atoms with Gasteiger partial charge in [-0.15, -0.1) is 11.3 Å². The Hall–Kier alpha value is -2.18. The molecular weight excluding hydrogens is 326 g/mol. The van der Waals surface area contributed by atoms with E-state index in [1.165, 1.54) is 11.3 Å². The second-order valence-corrected chi connectivity index (χ2v) is 6.94. The van der Waals surface area contributed by atoms with Crippen LogP contribution in [0.2, 0.25) is 0 Å². The Bertz CT molecular complexity index is 794. The lowest BCUT2D eigenvalue weighted by molar-refractivity contribution is 0.0946. The molecule has 1 aromatic carbocycles. The Balaban J connectivity index is 1.65. The van der Waals surface area contributed by atoms with Crippen molar-refractivity contribution in [1.29, 1.82) is 0 Å². The van der Waals surface area contributed by atoms with E-state index in [1.807, 2.05) is 54.0 Å². The first kappa shape index (κ1) is 15.7. The number of thiophene rings is 1. The number of nitrogens with zero attached hydrogens (tertiary/aromatic N) is 2. The van der Waals surface area contributed by atoms with Gasteiger partial charge in [-0.05, 0) is 29.1 Å². The van der Waals surface area contributed by atoms with Crippen LogP contribution in [0.4, 0.5) is 5.69 Å². The van der Waals surface area contributed by atoms with Crippen LogP contribution in [-0.4, -0.2) is 25.0 Å². The Labute approximate surface area is 143 Å². The number of carbonyl (C=O) groups excluding carboxylic acids is 1. The third-order valence-electron chi connectivity index (χ3n) is 3.38. The van der Waals surface area contributed by atoms with Crippen molar-refractivity contribution in [2.45, 2.75) is 6.54 Å². The van der Waals surface area contributed by atoms with Crippen LogP contribution in [0.25, 0.3) is 10.6 Å². The van der Waals surface area contributed by atoms with Crippen molar-refractivity contribution in [3.63, 3.8) is 0 Å². The molecule has 2 heterocycles. The van der Waals surface area contributed by atoms with E-state index >= 15 is 0 Å². The van der Waals surface area contributed by atoms with Crippen LogP contribution in [0.15, 0.2) is 46.5 Å². The van der Waals surface area contributed by atoms with Gasteiger partial charge in [0.25, 0.3) is 5.91 Å². The summed E-state index contributed by atoms with van der Waals surface area (Å²) in [7, 11) is 4.00. The summed E-state index contributed by atoms with van der Waals surface area (Å²) in [6, 6.07) is 10.1. The number of aromatic nitrogens is 1. The minimum atomic E-state index is -0.141. The lowest BCUT2D eigenvalue weighted by Crippen LogP contribution is -2.23. The van der Waals surface area contributed by atoms with Crippen molar-refractivity contribution in [2.24, 2.45) is 0 Å². The van der Waals surface area contributed by atoms with Crippen LogP contribution in [-0.2, 0) is 6.54 Å². The van der Waals surface area contributed by atoms with Crippen LogP contribution >= 0.6 is 22.7 Å². The summed E-state index contributed by atoms with van der Waals surface area (Å²) < 4.78 is 0. The maximum Gasteiger partial charge on any atom is 0.271 e. The first-order chi connectivity index (χ1) is 11.1. The van der Waals surface area contributed by atoms with E-state index in [0.717, 1.165) is 21.8 Å². The zero-order valence-corrected chi connectivity index (χ0v) is 14.6. The molecule has 1 amide bonds. The van der Waals surface area contributed by atoms with Gasteiger partial charge in [-0.25, -0.2) is 4.98 Å². The molecule has 3 rings (SSSR count). The Kier molecular flexibility index (Phi) is 4.73. The highest BCUT2D eigenvalue weighted by molar-refractivity contribution is 7.14. The molecule has 0 spiro atoms. The zero-order valence-electron chi connectivity index (χ0n) is 12.9. The number of nitrogens with one attached hydrogen (secondary N) is 1. The molecule has 1 N–H and O–H groups in total. The molecule has 2 aromatic heterocycles. The Morgan fingerprint density at radius 2 is 2.13 bits per heavy atom. The molecule has 6 heteroatoms. The van der Waals surface area contributed by atoms with Crippen LogP contribution in [0, 0.1) is 0 Å². The van der Waals surface area contributed by atoms with E-state index in [-0.39, 0.29) is 5.91 Å². The molecule has 4 nitrogen and oxygen atoms in total. The summed E-state index contributed by atoms with van der Waals surface area (Å²) in [5, 5.41) is 9.66. The maximum atomic E-state index is 12.2. The average Bonchev–Trinajstić information content (AvgIpc) is 3.23. The van der Waals surface area contributed by atoms with Gasteiger partial charge < -0.3 is 10.2 Å². The summed E-state index contributed by atoms with van der Waals surface area (Å²) in [5.74, 6) is -0.141. The summed E-state index contributed by atoms with van der Waals surface area (Å²) in [6.45, 7) is 0.492. The third kappa shape index (κ3) is 3.78. The molecule has 0 unspecified atom stereocenters. The molecule has 0 aliphatic heterocycles. The van der Waals surface area contributed by atoms with Crippen molar-refractivity contribution < 1.29 is 4.79 Å². The number of carbonyl (C=O) groups is 1. The van der Waals surface area contributed by atoms with E-state index in [9.17, 15) is 4.79 Å². The van der Waals surface area contributed by atoms with Crippen LogP contribution in [0.3, 0.4) is 0 Å². The van der Waals surface area contributed by atoms with Gasteiger partial charge in [0.15, 0.2) is 0 Å². The SMILES string of the molecule is CN(C)c1cccc(CNC(=O)c2csc(-c3ccsc3)n2)c1. The van der Waals surface area contributed by atoms with Crippen molar-refractivity contribution in [1.82, 2.24) is 10.3 Å². The molecular formula is C17H17N3OS2. The molecule has 0 saturated carbocycles. The first-order valence-corrected chi connectivity index (χ1v) is 8.98. The largest absolute Gasteiger partial charge is 0.378 e. The topological polar surface area (TPSA) is 45.2 Å². The average molecular weight is 343 g/mol. The number of benzene rings is 1. The summed E-state index contributed by atoms with van der Waals surface area (Å²) in [6.07, 6.45) is 0. The van der Waals surface area contributed by atoms with Crippen LogP contribution in [0.1, 0.15) is 16.1 Å². The number of rotatable bonds is 5. The fourth-order valence-electron chi connectivity index (χ4n) is 2.11. The predicted octanol–water partition coefficient (Wildman–Crippen LogP) is 3.87. The Morgan fingerprint density at radius 3 is 2.87 bits per heavy atom. The first-order valence-electron chi connectivity index (χ1n) is 7.16. The number of hydrogen-bond acceptors (Lipinski definition) is 5. The maximum absolute atomic E-state index is 12.2. The van der Waals surface area contributed by atoms with Crippen molar-refractivity contribution in [2.75, 3.05) is 19.0 Å². The molecule has 118 valence electrons. The molecule has 0 aliphatic rings. The van der Waals surface area contributed by atoms with Gasteiger partial charge in [-0.3, -0.25) is 4.79 Å². The molecule has 0 bridgehead atoms. The zero-order chi connectivity index (χ0) is 16.2. The summed E-state index contributed by atoms with van der Waals surface area (Å²) in [4.78, 5) is 18.7. The van der Waals surface area contributed by atoms with Gasteiger partial charge in [-0.2, -0.15) is 11.3 Å². The highest BCUT2D eigenvalue weighted by Gasteiger charge is 2.12. The lowest BCUT2D eigenvalue weighted by atomic mass is 10.2. The second kappa shape index (κ2) is 6.93. The molecule has 0 fully saturated rings. The van der Waals surface area contributed by atoms with E-state index in [0.29, 0.717) is 12.2 Å². The van der Waals surface area contributed by atoms with Gasteiger partial charge in [0.05, 0.1) is 0 Å². The number of hydrogen-bond donors (Lipinski definition) is 1. The molecule has 23 heavy (non-hydrogen) atoms. The third-order valence-corrected chi connectivity index (χ3v) is 4.96. The van der Waals surface area contributed by atoms with Crippen molar-refractivity contribution in [3.8, 4) is 10.6 Å². The molecule has 0 aliphatic carbocycles. The summed E-state index contributed by atoms with van der Waals surface area (Å²) >= 11 is 3.12. The predicted molar refractivity (Wildman–Crippen MR) is 97.4 cm³/mol. The lowest BCUT2D eigenvalue weighted by Gasteiger charge is -2.13. The van der Waals surface area contributed by atoms with Gasteiger partial charge in [0, 0.05) is 42.7 Å². The van der Waals surface area contributed by atoms with Crippen molar-refractivity contribution in [3.05, 3.63) is 57.7 Å². The molecule has 3 aromatic rings. The molecule has 0 radical (unpaired) electrons. The summed E-state index contributed by atoms with van der Waals surface area (Å²) in [5.41, 5.74) is 3.72. The van der Waals surface area contributed by atoms with Gasteiger partial charge in [-0.1, -0.05) is 12.1 Å². The van der Waals surface area contributed by atoms with Crippen molar-refractivity contribution >= 4 is 34.3 Å². The monoisotopic (exact) mass is 343 g/mol. The minimum Gasteiger partial charge on any atom is -0.378 e. The van der Waals surface area contributed by atoms with Gasteiger partial charge in [0.2, 0.25) is 0 Å². The number of amides is 1. The van der Waals surface area contributed by atoms with Gasteiger partial charge in [0.1, 0.15) is 10.7 Å². The normalized spacial score (nSPS) is 10.5.